The molecule has 1 rings (SSSR count). The van der Waals surface area contributed by atoms with E-state index in [0.29, 0.717) is 25.2 Å². The molecule has 0 spiro atoms. The van der Waals surface area contributed by atoms with Gasteiger partial charge in [0.25, 0.3) is 0 Å². The van der Waals surface area contributed by atoms with Gasteiger partial charge in [0.1, 0.15) is 12.3 Å². The van der Waals surface area contributed by atoms with Gasteiger partial charge in [-0.15, -0.1) is 0 Å². The van der Waals surface area contributed by atoms with Crippen LogP contribution in [0.1, 0.15) is 32.6 Å². The van der Waals surface area contributed by atoms with Gasteiger partial charge in [0.2, 0.25) is 0 Å². The monoisotopic (exact) mass is 310 g/mol. The van der Waals surface area contributed by atoms with E-state index in [1.807, 2.05) is 24.5 Å². The first kappa shape index (κ1) is 17.5. The first-order valence-electron chi connectivity index (χ1n) is 7.22. The summed E-state index contributed by atoms with van der Waals surface area (Å²) < 4.78 is 7.65. The zero-order valence-electron chi connectivity index (χ0n) is 12.5. The van der Waals surface area contributed by atoms with Gasteiger partial charge in [-0.2, -0.15) is 0 Å². The lowest BCUT2D eigenvalue weighted by Gasteiger charge is -2.05. The van der Waals surface area contributed by atoms with Gasteiger partial charge in [-0.1, -0.05) is 18.7 Å². The summed E-state index contributed by atoms with van der Waals surface area (Å²) in [5.41, 5.74) is 5.25. The maximum Gasteiger partial charge on any atom is 0.192 e. The van der Waals surface area contributed by atoms with Crippen molar-refractivity contribution in [2.45, 2.75) is 39.2 Å². The molecule has 0 radical (unpaired) electrons. The maximum atomic E-state index is 11.6. The van der Waals surface area contributed by atoms with Gasteiger partial charge in [0, 0.05) is 30.7 Å². The summed E-state index contributed by atoms with van der Waals surface area (Å²) in [7, 11) is 0. The van der Waals surface area contributed by atoms with Crippen LogP contribution in [0.15, 0.2) is 24.5 Å². The van der Waals surface area contributed by atoms with Crippen molar-refractivity contribution in [2.75, 3.05) is 12.4 Å². The van der Waals surface area contributed by atoms with Crippen LogP contribution in [0.2, 0.25) is 0 Å². The number of aromatic nitrogens is 1. The number of thioether (sulfide) groups is 1. The van der Waals surface area contributed by atoms with E-state index in [1.54, 1.807) is 0 Å². The van der Waals surface area contributed by atoms with Crippen LogP contribution >= 0.6 is 11.8 Å². The lowest BCUT2D eigenvalue weighted by molar-refractivity contribution is -0.697. The molecule has 0 bridgehead atoms. The van der Waals surface area contributed by atoms with Gasteiger partial charge >= 0.3 is 0 Å². The van der Waals surface area contributed by atoms with E-state index in [-0.39, 0.29) is 11.0 Å². The molecule has 0 aliphatic rings. The Labute approximate surface area is 130 Å². The van der Waals surface area contributed by atoms with Crippen LogP contribution < -0.4 is 15.0 Å². The van der Waals surface area contributed by atoms with Crippen molar-refractivity contribution in [3.05, 3.63) is 24.5 Å². The predicted molar refractivity (Wildman–Crippen MR) is 85.7 cm³/mol. The normalized spacial score (nSPS) is 10.3. The molecule has 0 saturated heterocycles. The van der Waals surface area contributed by atoms with Gasteiger partial charge in [-0.05, 0) is 6.42 Å². The lowest BCUT2D eigenvalue weighted by atomic mass is 10.3. The van der Waals surface area contributed by atoms with Crippen LogP contribution in [0, 0.1) is 5.41 Å². The largest absolute Gasteiger partial charge is 0.493 e. The molecule has 1 aromatic rings. The van der Waals surface area contributed by atoms with Gasteiger partial charge in [-0.3, -0.25) is 10.2 Å². The number of amidine groups is 1. The quantitative estimate of drug-likeness (QED) is 0.300. The Kier molecular flexibility index (Phi) is 8.50. The second kappa shape index (κ2) is 10.2. The van der Waals surface area contributed by atoms with Crippen LogP contribution in [0.5, 0.6) is 5.75 Å². The Hall–Kier alpha value is -1.56. The van der Waals surface area contributed by atoms with Crippen molar-refractivity contribution in [1.29, 1.82) is 5.41 Å². The Bertz CT molecular complexity index is 449. The number of pyridine rings is 1. The summed E-state index contributed by atoms with van der Waals surface area (Å²) in [6, 6.07) is 3.83. The van der Waals surface area contributed by atoms with Crippen molar-refractivity contribution in [3.63, 3.8) is 0 Å². The Balaban J connectivity index is 2.14. The van der Waals surface area contributed by atoms with Crippen LogP contribution in [0.3, 0.4) is 0 Å². The first-order valence-corrected chi connectivity index (χ1v) is 8.20. The number of nitrogens with two attached hydrogens (primary N) is 1. The molecule has 1 aromatic heterocycles. The number of aryl methyl sites for hydroxylation is 1. The number of carbonyl (C=O) groups is 1. The highest BCUT2D eigenvalue weighted by molar-refractivity contribution is 8.13. The second-order valence-corrected chi connectivity index (χ2v) is 5.87. The standard InChI is InChI=1S/C15H24N3O2S/c1-2-8-18-9-5-13(6-10-18)20-11-7-15(19)21-12-3-4-14(16)17/h5-6,9-10H,2-4,7-8,11-12H2,1H3,(H3,16,17)/q+1. The summed E-state index contributed by atoms with van der Waals surface area (Å²) >= 11 is 1.29. The molecule has 0 aliphatic heterocycles. The van der Waals surface area contributed by atoms with E-state index < -0.39 is 0 Å². The summed E-state index contributed by atoms with van der Waals surface area (Å²) in [5, 5.41) is 7.21. The van der Waals surface area contributed by atoms with Gasteiger partial charge in [-0.25, -0.2) is 4.57 Å². The average molecular weight is 310 g/mol. The fourth-order valence-electron chi connectivity index (χ4n) is 1.72. The Morgan fingerprint density at radius 3 is 2.71 bits per heavy atom. The highest BCUT2D eigenvalue weighted by Crippen LogP contribution is 2.11. The molecule has 21 heavy (non-hydrogen) atoms. The Morgan fingerprint density at radius 2 is 2.10 bits per heavy atom. The number of hydrogen-bond donors (Lipinski definition) is 2. The molecule has 0 saturated carbocycles. The maximum absolute atomic E-state index is 11.6. The van der Waals surface area contributed by atoms with E-state index in [4.69, 9.17) is 15.9 Å². The molecule has 0 atom stereocenters. The van der Waals surface area contributed by atoms with E-state index in [9.17, 15) is 4.79 Å². The van der Waals surface area contributed by atoms with Crippen molar-refractivity contribution in [3.8, 4) is 5.75 Å². The number of nitrogens with zero attached hydrogens (tertiary/aromatic N) is 1. The van der Waals surface area contributed by atoms with E-state index in [2.05, 4.69) is 11.5 Å². The first-order chi connectivity index (χ1) is 10.1. The number of rotatable bonds is 10. The van der Waals surface area contributed by atoms with Crippen LogP contribution in [-0.4, -0.2) is 23.3 Å². The number of nitrogens with one attached hydrogen (secondary N) is 1. The highest BCUT2D eigenvalue weighted by atomic mass is 32.2. The van der Waals surface area contributed by atoms with Crippen LogP contribution in [0.25, 0.3) is 0 Å². The molecule has 0 aromatic carbocycles. The average Bonchev–Trinajstić information content (AvgIpc) is 2.46. The van der Waals surface area contributed by atoms with Crippen LogP contribution in [0.4, 0.5) is 0 Å². The Morgan fingerprint density at radius 1 is 1.38 bits per heavy atom. The zero-order valence-corrected chi connectivity index (χ0v) is 13.3. The SMILES string of the molecule is CCC[n+]1ccc(OCCC(=O)SCCCC(=N)N)cc1. The minimum absolute atomic E-state index is 0.121. The molecule has 1 heterocycles. The van der Waals surface area contributed by atoms with Crippen molar-refractivity contribution >= 4 is 22.7 Å². The van der Waals surface area contributed by atoms with Gasteiger partial charge in [0.05, 0.1) is 18.9 Å². The fraction of sp³-hybridized carbons (Fsp3) is 0.533. The van der Waals surface area contributed by atoms with Crippen molar-refractivity contribution in [1.82, 2.24) is 0 Å². The molecular weight excluding hydrogens is 286 g/mol. The zero-order chi connectivity index (χ0) is 15.5. The minimum atomic E-state index is 0.121. The summed E-state index contributed by atoms with van der Waals surface area (Å²) in [6.45, 7) is 3.53. The molecular formula is C15H24N3O2S+. The molecule has 6 heteroatoms. The fourth-order valence-corrected chi connectivity index (χ4v) is 2.46. The topological polar surface area (TPSA) is 80.0 Å². The highest BCUT2D eigenvalue weighted by Gasteiger charge is 2.05. The molecule has 0 fully saturated rings. The summed E-state index contributed by atoms with van der Waals surface area (Å²) in [4.78, 5) is 11.6. The molecule has 0 aliphatic carbocycles. The molecule has 5 nitrogen and oxygen atoms in total. The van der Waals surface area contributed by atoms with Gasteiger partial charge in [0.15, 0.2) is 17.5 Å². The third-order valence-electron chi connectivity index (χ3n) is 2.77. The lowest BCUT2D eigenvalue weighted by Crippen LogP contribution is -2.31. The van der Waals surface area contributed by atoms with Gasteiger partial charge < -0.3 is 10.5 Å². The molecule has 0 unspecified atom stereocenters. The third kappa shape index (κ3) is 8.34. The number of hydrogen-bond acceptors (Lipinski definition) is 4. The summed E-state index contributed by atoms with van der Waals surface area (Å²) in [6.07, 6.45) is 6.78. The molecule has 0 amide bonds. The van der Waals surface area contributed by atoms with Crippen molar-refractivity contribution < 1.29 is 14.1 Å². The van der Waals surface area contributed by atoms with Crippen LogP contribution in [-0.2, 0) is 11.3 Å². The number of carbonyl (C=O) groups excluding carboxylic acids is 1. The third-order valence-corrected chi connectivity index (χ3v) is 3.79. The number of ether oxygens (including phenoxy) is 1. The van der Waals surface area contributed by atoms with Crippen molar-refractivity contribution in [2.24, 2.45) is 5.73 Å². The second-order valence-electron chi connectivity index (χ2n) is 4.72. The minimum Gasteiger partial charge on any atom is -0.493 e. The summed E-state index contributed by atoms with van der Waals surface area (Å²) in [5.74, 6) is 1.67. The van der Waals surface area contributed by atoms with E-state index in [1.165, 1.54) is 11.8 Å². The smallest absolute Gasteiger partial charge is 0.192 e. The molecule has 3 N–H and O–H groups in total. The van der Waals surface area contributed by atoms with E-state index >= 15 is 0 Å². The molecule has 116 valence electrons. The van der Waals surface area contributed by atoms with E-state index in [0.717, 1.165) is 25.1 Å². The predicted octanol–water partition coefficient (Wildman–Crippen LogP) is 2.13.